The van der Waals surface area contributed by atoms with Crippen molar-refractivity contribution in [2.75, 3.05) is 25.5 Å². The molecule has 3 N–H and O–H groups in total. The smallest absolute Gasteiger partial charge is 0.238 e. The second kappa shape index (κ2) is 7.05. The van der Waals surface area contributed by atoms with E-state index in [1.807, 2.05) is 25.2 Å². The summed E-state index contributed by atoms with van der Waals surface area (Å²) in [4.78, 5) is 14.3. The van der Waals surface area contributed by atoms with E-state index < -0.39 is 0 Å². The van der Waals surface area contributed by atoms with Crippen LogP contribution >= 0.6 is 0 Å². The van der Waals surface area contributed by atoms with E-state index in [-0.39, 0.29) is 5.91 Å². The molecule has 2 rings (SSSR count). The number of carbonyl (C=O) groups is 1. The minimum absolute atomic E-state index is 0.0255. The van der Waals surface area contributed by atoms with Gasteiger partial charge >= 0.3 is 0 Å². The van der Waals surface area contributed by atoms with Crippen LogP contribution in [0.15, 0.2) is 24.3 Å². The molecule has 4 nitrogen and oxygen atoms in total. The molecule has 1 saturated carbocycles. The zero-order valence-electron chi connectivity index (χ0n) is 13.3. The molecule has 1 aliphatic carbocycles. The Kier molecular flexibility index (Phi) is 5.37. The minimum atomic E-state index is 0.0255. The normalized spacial score (nSPS) is 16.3. The monoisotopic (exact) mass is 289 g/mol. The summed E-state index contributed by atoms with van der Waals surface area (Å²) >= 11 is 0. The Hall–Kier alpha value is -1.39. The van der Waals surface area contributed by atoms with Gasteiger partial charge in [-0.2, -0.15) is 0 Å². The summed E-state index contributed by atoms with van der Waals surface area (Å²) in [5, 5.41) is 2.98. The number of carbonyl (C=O) groups excluding carboxylic acids is 1. The van der Waals surface area contributed by atoms with Gasteiger partial charge in [-0.05, 0) is 49.4 Å². The van der Waals surface area contributed by atoms with Gasteiger partial charge in [0, 0.05) is 18.3 Å². The molecule has 1 unspecified atom stereocenters. The first-order chi connectivity index (χ1) is 10.0. The molecule has 0 aromatic heterocycles. The van der Waals surface area contributed by atoms with E-state index in [0.717, 1.165) is 5.69 Å². The van der Waals surface area contributed by atoms with Crippen molar-refractivity contribution in [3.63, 3.8) is 0 Å². The third-order valence-electron chi connectivity index (χ3n) is 4.20. The number of anilines is 1. The number of likely N-dealkylation sites (N-methyl/N-ethyl adjacent to an activating group) is 1. The van der Waals surface area contributed by atoms with Gasteiger partial charge in [0.2, 0.25) is 5.91 Å². The number of hydrogen-bond acceptors (Lipinski definition) is 3. The van der Waals surface area contributed by atoms with Crippen molar-refractivity contribution in [1.29, 1.82) is 0 Å². The molecule has 116 valence electrons. The zero-order valence-corrected chi connectivity index (χ0v) is 13.3. The largest absolute Gasteiger partial charge is 0.329 e. The molecular formula is C17H27N3O. The molecule has 0 saturated heterocycles. The number of rotatable bonds is 7. The predicted octanol–water partition coefficient (Wildman–Crippen LogP) is 2.42. The Bertz CT molecular complexity index is 483. The van der Waals surface area contributed by atoms with Gasteiger partial charge in [0.25, 0.3) is 0 Å². The molecule has 1 aliphatic rings. The maximum Gasteiger partial charge on any atom is 0.238 e. The van der Waals surface area contributed by atoms with Crippen LogP contribution in [0.25, 0.3) is 0 Å². The molecule has 1 amide bonds. The van der Waals surface area contributed by atoms with Gasteiger partial charge in [0.1, 0.15) is 0 Å². The SMILES string of the molecule is CC(C)c1cccc(NC(=O)CN(C)C(CN)C2CC2)c1. The summed E-state index contributed by atoms with van der Waals surface area (Å²) in [7, 11) is 1.99. The van der Waals surface area contributed by atoms with E-state index in [1.165, 1.54) is 18.4 Å². The minimum Gasteiger partial charge on any atom is -0.329 e. The third-order valence-corrected chi connectivity index (χ3v) is 4.20. The van der Waals surface area contributed by atoms with Crippen molar-refractivity contribution in [3.05, 3.63) is 29.8 Å². The van der Waals surface area contributed by atoms with Crippen LogP contribution in [0.4, 0.5) is 5.69 Å². The van der Waals surface area contributed by atoms with Gasteiger partial charge in [-0.1, -0.05) is 26.0 Å². The number of amides is 1. The van der Waals surface area contributed by atoms with Crippen LogP contribution in [0, 0.1) is 5.92 Å². The molecule has 21 heavy (non-hydrogen) atoms. The van der Waals surface area contributed by atoms with Gasteiger partial charge in [-0.3, -0.25) is 9.69 Å². The highest BCUT2D eigenvalue weighted by Crippen LogP contribution is 2.34. The summed E-state index contributed by atoms with van der Waals surface area (Å²) < 4.78 is 0. The molecular weight excluding hydrogens is 262 g/mol. The molecule has 1 atom stereocenters. The average Bonchev–Trinajstić information content (AvgIpc) is 3.24. The van der Waals surface area contributed by atoms with Crippen LogP contribution in [0.1, 0.15) is 38.2 Å². The lowest BCUT2D eigenvalue weighted by atomic mass is 10.0. The van der Waals surface area contributed by atoms with E-state index in [1.54, 1.807) is 0 Å². The summed E-state index contributed by atoms with van der Waals surface area (Å²) in [5.74, 6) is 1.16. The number of benzene rings is 1. The lowest BCUT2D eigenvalue weighted by molar-refractivity contribution is -0.117. The number of nitrogens with two attached hydrogens (primary N) is 1. The van der Waals surface area contributed by atoms with Crippen LogP contribution in [0.2, 0.25) is 0 Å². The average molecular weight is 289 g/mol. The van der Waals surface area contributed by atoms with Crippen molar-refractivity contribution >= 4 is 11.6 Å². The van der Waals surface area contributed by atoms with E-state index >= 15 is 0 Å². The Morgan fingerprint density at radius 1 is 1.43 bits per heavy atom. The van der Waals surface area contributed by atoms with E-state index in [0.29, 0.717) is 31.0 Å². The molecule has 0 spiro atoms. The highest BCUT2D eigenvalue weighted by Gasteiger charge is 2.33. The molecule has 1 fully saturated rings. The predicted molar refractivity (Wildman–Crippen MR) is 87.4 cm³/mol. The number of nitrogens with zero attached hydrogens (tertiary/aromatic N) is 1. The molecule has 1 aromatic rings. The number of hydrogen-bond donors (Lipinski definition) is 2. The second-order valence-corrected chi connectivity index (χ2v) is 6.38. The van der Waals surface area contributed by atoms with Crippen molar-refractivity contribution in [2.45, 2.75) is 38.6 Å². The fourth-order valence-electron chi connectivity index (χ4n) is 2.73. The zero-order chi connectivity index (χ0) is 15.4. The van der Waals surface area contributed by atoms with Crippen LogP contribution in [0.5, 0.6) is 0 Å². The van der Waals surface area contributed by atoms with Gasteiger partial charge < -0.3 is 11.1 Å². The van der Waals surface area contributed by atoms with Crippen LogP contribution in [-0.2, 0) is 4.79 Å². The summed E-state index contributed by atoms with van der Waals surface area (Å²) in [6, 6.07) is 8.39. The van der Waals surface area contributed by atoms with Crippen molar-refractivity contribution in [3.8, 4) is 0 Å². The first-order valence-corrected chi connectivity index (χ1v) is 7.81. The Balaban J connectivity index is 1.90. The molecule has 4 heteroatoms. The highest BCUT2D eigenvalue weighted by molar-refractivity contribution is 5.92. The molecule has 0 heterocycles. The van der Waals surface area contributed by atoms with Gasteiger partial charge in [0.15, 0.2) is 0 Å². The summed E-state index contributed by atoms with van der Waals surface area (Å²) in [6.07, 6.45) is 2.48. The quantitative estimate of drug-likeness (QED) is 0.810. The van der Waals surface area contributed by atoms with Crippen LogP contribution in [0.3, 0.4) is 0 Å². The first kappa shape index (κ1) is 16.0. The number of nitrogens with one attached hydrogen (secondary N) is 1. The lowest BCUT2D eigenvalue weighted by Gasteiger charge is -2.26. The second-order valence-electron chi connectivity index (χ2n) is 6.38. The van der Waals surface area contributed by atoms with Crippen LogP contribution in [-0.4, -0.2) is 37.0 Å². The van der Waals surface area contributed by atoms with Crippen molar-refractivity contribution in [1.82, 2.24) is 4.90 Å². The molecule has 0 radical (unpaired) electrons. The van der Waals surface area contributed by atoms with Crippen molar-refractivity contribution < 1.29 is 4.79 Å². The van der Waals surface area contributed by atoms with Crippen LogP contribution < -0.4 is 11.1 Å². The highest BCUT2D eigenvalue weighted by atomic mass is 16.2. The Labute approximate surface area is 127 Å². The summed E-state index contributed by atoms with van der Waals surface area (Å²) in [5.41, 5.74) is 7.93. The maximum absolute atomic E-state index is 12.2. The van der Waals surface area contributed by atoms with E-state index in [9.17, 15) is 4.79 Å². The molecule has 0 aliphatic heterocycles. The van der Waals surface area contributed by atoms with E-state index in [2.05, 4.69) is 30.1 Å². The van der Waals surface area contributed by atoms with Gasteiger partial charge in [-0.25, -0.2) is 0 Å². The van der Waals surface area contributed by atoms with Gasteiger partial charge in [0.05, 0.1) is 6.54 Å². The summed E-state index contributed by atoms with van der Waals surface area (Å²) in [6.45, 7) is 5.31. The maximum atomic E-state index is 12.2. The molecule has 1 aromatic carbocycles. The fourth-order valence-corrected chi connectivity index (χ4v) is 2.73. The fraction of sp³-hybridized carbons (Fsp3) is 0.588. The standard InChI is InChI=1S/C17H27N3O/c1-12(2)14-5-4-6-15(9-14)19-17(21)11-20(3)16(10-18)13-7-8-13/h4-6,9,12-13,16H,7-8,10-11,18H2,1-3H3,(H,19,21). The van der Waals surface area contributed by atoms with E-state index in [4.69, 9.17) is 5.73 Å². The molecule has 0 bridgehead atoms. The third kappa shape index (κ3) is 4.55. The lowest BCUT2D eigenvalue weighted by Crippen LogP contribution is -2.43. The van der Waals surface area contributed by atoms with Gasteiger partial charge in [-0.15, -0.1) is 0 Å². The van der Waals surface area contributed by atoms with Crippen molar-refractivity contribution in [2.24, 2.45) is 11.7 Å². The Morgan fingerprint density at radius 2 is 2.14 bits per heavy atom. The topological polar surface area (TPSA) is 58.4 Å². The first-order valence-electron chi connectivity index (χ1n) is 7.81. The Morgan fingerprint density at radius 3 is 2.71 bits per heavy atom.